The largest absolute Gasteiger partial charge is 0.444 e. The van der Waals surface area contributed by atoms with Crippen LogP contribution in [-0.4, -0.2) is 58.3 Å². The second-order valence-corrected chi connectivity index (χ2v) is 7.32. The molecule has 10 heteroatoms. The fourth-order valence-electron chi connectivity index (χ4n) is 3.71. The molecule has 2 aliphatic rings. The summed E-state index contributed by atoms with van der Waals surface area (Å²) in [5.74, 6) is -2.18. The van der Waals surface area contributed by atoms with Crippen LogP contribution < -0.4 is 11.1 Å². The fraction of sp³-hybridized carbons (Fsp3) is 0.400. The summed E-state index contributed by atoms with van der Waals surface area (Å²) in [7, 11) is 0. The van der Waals surface area contributed by atoms with Crippen molar-refractivity contribution in [3.63, 3.8) is 0 Å². The zero-order valence-electron chi connectivity index (χ0n) is 16.5. The lowest BCUT2D eigenvalue weighted by Crippen LogP contribution is -2.51. The second kappa shape index (κ2) is 8.52. The summed E-state index contributed by atoms with van der Waals surface area (Å²) < 4.78 is 19.4. The van der Waals surface area contributed by atoms with Gasteiger partial charge in [0.2, 0.25) is 17.7 Å². The number of nitrogens with two attached hydrogens (primary N) is 1. The first kappa shape index (κ1) is 21.3. The number of hydrogen-bond donors (Lipinski definition) is 2. The van der Waals surface area contributed by atoms with Crippen LogP contribution in [0.2, 0.25) is 0 Å². The third kappa shape index (κ3) is 4.27. The number of carbonyl (C=O) groups excluding carboxylic acids is 4. The van der Waals surface area contributed by atoms with E-state index in [1.54, 1.807) is 12.1 Å². The SMILES string of the molecule is C=CC(=O)N[C@H](C)C(=O)N1C[C@H](OC(=O)N2Cc3cccc(F)c3C2)CC1C(N)=O. The molecule has 160 valence electrons. The minimum Gasteiger partial charge on any atom is -0.444 e. The molecule has 1 fully saturated rings. The van der Waals surface area contributed by atoms with E-state index in [9.17, 15) is 23.6 Å². The number of amides is 4. The van der Waals surface area contributed by atoms with Crippen LogP contribution in [0.5, 0.6) is 0 Å². The Bertz CT molecular complexity index is 905. The molecular formula is C20H23FN4O5. The van der Waals surface area contributed by atoms with Gasteiger partial charge in [-0.3, -0.25) is 19.3 Å². The van der Waals surface area contributed by atoms with Gasteiger partial charge in [-0.25, -0.2) is 9.18 Å². The van der Waals surface area contributed by atoms with Gasteiger partial charge in [-0.2, -0.15) is 0 Å². The Hall–Kier alpha value is -3.43. The highest BCUT2D eigenvalue weighted by atomic mass is 19.1. The Morgan fingerprint density at radius 3 is 2.70 bits per heavy atom. The number of nitrogens with one attached hydrogen (secondary N) is 1. The maximum absolute atomic E-state index is 13.9. The molecule has 0 aromatic heterocycles. The molecule has 0 saturated carbocycles. The van der Waals surface area contributed by atoms with Gasteiger partial charge in [0.25, 0.3) is 0 Å². The van der Waals surface area contributed by atoms with Crippen LogP contribution in [-0.2, 0) is 32.2 Å². The first-order chi connectivity index (χ1) is 14.2. The first-order valence-electron chi connectivity index (χ1n) is 9.45. The van der Waals surface area contributed by atoms with E-state index in [0.29, 0.717) is 11.1 Å². The van der Waals surface area contributed by atoms with Crippen molar-refractivity contribution < 1.29 is 28.3 Å². The first-order valence-corrected chi connectivity index (χ1v) is 9.45. The maximum Gasteiger partial charge on any atom is 0.410 e. The summed E-state index contributed by atoms with van der Waals surface area (Å²) in [6.07, 6.45) is -0.346. The van der Waals surface area contributed by atoms with Crippen molar-refractivity contribution in [1.82, 2.24) is 15.1 Å². The Labute approximate surface area is 172 Å². The normalized spacial score (nSPS) is 21.0. The van der Waals surface area contributed by atoms with Gasteiger partial charge < -0.3 is 20.7 Å². The molecule has 3 rings (SSSR count). The van der Waals surface area contributed by atoms with Crippen LogP contribution in [0.1, 0.15) is 24.5 Å². The van der Waals surface area contributed by atoms with E-state index in [-0.39, 0.29) is 31.9 Å². The highest BCUT2D eigenvalue weighted by Gasteiger charge is 2.42. The molecule has 0 spiro atoms. The Morgan fingerprint density at radius 1 is 1.33 bits per heavy atom. The Morgan fingerprint density at radius 2 is 2.07 bits per heavy atom. The molecular weight excluding hydrogens is 395 g/mol. The van der Waals surface area contributed by atoms with Crippen LogP contribution in [0, 0.1) is 5.82 Å². The summed E-state index contributed by atoms with van der Waals surface area (Å²) >= 11 is 0. The van der Waals surface area contributed by atoms with Crippen molar-refractivity contribution in [2.24, 2.45) is 5.73 Å². The monoisotopic (exact) mass is 418 g/mol. The number of fused-ring (bicyclic) bond motifs is 1. The Balaban J connectivity index is 1.64. The molecule has 0 radical (unpaired) electrons. The standard InChI is InChI=1S/C20H23FN4O5/c1-3-17(26)23-11(2)19(28)25-9-13(7-16(25)18(22)27)30-20(29)24-8-12-5-4-6-15(21)14(12)10-24/h3-6,11,13,16H,1,7-10H2,2H3,(H2,22,27)(H,23,26)/t11-,13-,16?/m1/s1. The molecule has 1 saturated heterocycles. The molecule has 4 amide bonds. The molecule has 3 N–H and O–H groups in total. The number of primary amides is 1. The van der Waals surface area contributed by atoms with Crippen LogP contribution in [0.25, 0.3) is 0 Å². The van der Waals surface area contributed by atoms with Gasteiger partial charge >= 0.3 is 6.09 Å². The molecule has 1 unspecified atom stereocenters. The zero-order chi connectivity index (χ0) is 22.0. The summed E-state index contributed by atoms with van der Waals surface area (Å²) in [4.78, 5) is 51.0. The van der Waals surface area contributed by atoms with Gasteiger partial charge in [0.05, 0.1) is 13.1 Å². The predicted molar refractivity (Wildman–Crippen MR) is 103 cm³/mol. The molecule has 2 heterocycles. The van der Waals surface area contributed by atoms with Crippen LogP contribution in [0.15, 0.2) is 30.9 Å². The summed E-state index contributed by atoms with van der Waals surface area (Å²) in [6.45, 7) is 5.05. The van der Waals surface area contributed by atoms with Crippen molar-refractivity contribution in [2.45, 2.75) is 44.6 Å². The van der Waals surface area contributed by atoms with E-state index < -0.39 is 42.0 Å². The van der Waals surface area contributed by atoms with E-state index >= 15 is 0 Å². The molecule has 2 aliphatic heterocycles. The summed E-state index contributed by atoms with van der Waals surface area (Å²) in [5.41, 5.74) is 6.56. The quantitative estimate of drug-likeness (QED) is 0.672. The van der Waals surface area contributed by atoms with Gasteiger partial charge in [-0.05, 0) is 24.6 Å². The minimum atomic E-state index is -0.966. The lowest BCUT2D eigenvalue weighted by molar-refractivity contribution is -0.139. The highest BCUT2D eigenvalue weighted by molar-refractivity contribution is 5.94. The molecule has 0 aliphatic carbocycles. The zero-order valence-corrected chi connectivity index (χ0v) is 16.5. The van der Waals surface area contributed by atoms with Gasteiger partial charge in [0.15, 0.2) is 0 Å². The van der Waals surface area contributed by atoms with Crippen molar-refractivity contribution >= 4 is 23.8 Å². The number of halogens is 1. The molecule has 9 nitrogen and oxygen atoms in total. The van der Waals surface area contributed by atoms with Crippen LogP contribution in [0.3, 0.4) is 0 Å². The molecule has 1 aromatic rings. The lowest BCUT2D eigenvalue weighted by Gasteiger charge is -2.25. The number of rotatable bonds is 5. The van der Waals surface area contributed by atoms with E-state index in [2.05, 4.69) is 11.9 Å². The van der Waals surface area contributed by atoms with Crippen molar-refractivity contribution in [1.29, 1.82) is 0 Å². The van der Waals surface area contributed by atoms with Crippen molar-refractivity contribution in [2.75, 3.05) is 6.54 Å². The number of nitrogens with zero attached hydrogens (tertiary/aromatic N) is 2. The number of hydrogen-bond acceptors (Lipinski definition) is 5. The number of ether oxygens (including phenoxy) is 1. The van der Waals surface area contributed by atoms with Crippen LogP contribution >= 0.6 is 0 Å². The van der Waals surface area contributed by atoms with E-state index in [1.807, 2.05) is 0 Å². The Kier molecular flexibility index (Phi) is 6.04. The molecule has 0 bridgehead atoms. The van der Waals surface area contributed by atoms with Crippen LogP contribution in [0.4, 0.5) is 9.18 Å². The molecule has 1 aromatic carbocycles. The maximum atomic E-state index is 13.9. The number of benzene rings is 1. The third-order valence-electron chi connectivity index (χ3n) is 5.24. The second-order valence-electron chi connectivity index (χ2n) is 7.32. The van der Waals surface area contributed by atoms with Gasteiger partial charge in [-0.1, -0.05) is 18.7 Å². The lowest BCUT2D eigenvalue weighted by atomic mass is 10.1. The minimum absolute atomic E-state index is 0.0401. The van der Waals surface area contributed by atoms with E-state index in [1.165, 1.54) is 22.8 Å². The number of carbonyl (C=O) groups is 4. The van der Waals surface area contributed by atoms with Crippen molar-refractivity contribution in [3.8, 4) is 0 Å². The third-order valence-corrected chi connectivity index (χ3v) is 5.24. The van der Waals surface area contributed by atoms with Gasteiger partial charge in [-0.15, -0.1) is 0 Å². The number of likely N-dealkylation sites (tertiary alicyclic amines) is 1. The highest BCUT2D eigenvalue weighted by Crippen LogP contribution is 2.27. The summed E-state index contributed by atoms with van der Waals surface area (Å²) in [6, 6.07) is 2.77. The predicted octanol–water partition coefficient (Wildman–Crippen LogP) is 0.423. The van der Waals surface area contributed by atoms with Gasteiger partial charge in [0, 0.05) is 18.5 Å². The molecule has 3 atom stereocenters. The smallest absolute Gasteiger partial charge is 0.410 e. The summed E-state index contributed by atoms with van der Waals surface area (Å²) in [5, 5.41) is 2.43. The van der Waals surface area contributed by atoms with E-state index in [4.69, 9.17) is 10.5 Å². The van der Waals surface area contributed by atoms with E-state index in [0.717, 1.165) is 6.08 Å². The van der Waals surface area contributed by atoms with Crippen molar-refractivity contribution in [3.05, 3.63) is 47.8 Å². The average Bonchev–Trinajstić information content (AvgIpc) is 3.32. The average molecular weight is 418 g/mol. The molecule has 30 heavy (non-hydrogen) atoms. The fourth-order valence-corrected chi connectivity index (χ4v) is 3.71. The van der Waals surface area contributed by atoms with Gasteiger partial charge in [0.1, 0.15) is 24.0 Å². The topological polar surface area (TPSA) is 122 Å².